The molecule has 1 aromatic rings. The van der Waals surface area contributed by atoms with Crippen LogP contribution in [0.15, 0.2) is 30.3 Å². The van der Waals surface area contributed by atoms with E-state index >= 15 is 0 Å². The Morgan fingerprint density at radius 2 is 2.05 bits per heavy atom. The Balaban J connectivity index is 2.37. The van der Waals surface area contributed by atoms with Crippen LogP contribution in [-0.4, -0.2) is 18.6 Å². The van der Waals surface area contributed by atoms with Gasteiger partial charge in [-0.15, -0.1) is 33.2 Å². The van der Waals surface area contributed by atoms with E-state index in [0.29, 0.717) is 18.4 Å². The molecule has 0 bridgehead atoms. The van der Waals surface area contributed by atoms with E-state index in [0.717, 1.165) is 24.5 Å². The van der Waals surface area contributed by atoms with Crippen LogP contribution in [0, 0.1) is 0 Å². The molecule has 0 spiro atoms. The van der Waals surface area contributed by atoms with E-state index < -0.39 is 12.0 Å². The maximum Gasteiger partial charge on any atom is 0.341 e. The minimum Gasteiger partial charge on any atom is -0.545 e. The number of aliphatic carboxylic acids is 1. The van der Waals surface area contributed by atoms with Crippen LogP contribution in [0.3, 0.4) is 0 Å². The largest absolute Gasteiger partial charge is 0.545 e. The lowest BCUT2D eigenvalue weighted by Crippen LogP contribution is -2.18. The molecule has 0 amide bonds. The number of hydrogen-bond donors (Lipinski definition) is 0. The number of unbranched alkanes of at least 4 members (excludes halogenated alkanes) is 1. The Hall–Kier alpha value is -0.683. The van der Waals surface area contributed by atoms with Crippen LogP contribution in [0.4, 0.5) is 0 Å². The van der Waals surface area contributed by atoms with E-state index in [1.54, 1.807) is 24.3 Å². The number of carboxylic acids is 1. The Kier molecular flexibility index (Phi) is 7.44. The van der Waals surface area contributed by atoms with Crippen LogP contribution in [0.5, 0.6) is 5.75 Å². The van der Waals surface area contributed by atoms with E-state index in [9.17, 15) is 9.90 Å². The number of carboxylic acid groups (broad SMARTS) is 1. The molecule has 7 heteroatoms. The normalized spacial score (nSPS) is 11.8. The lowest BCUT2D eigenvalue weighted by atomic mass is 10.2. The summed E-state index contributed by atoms with van der Waals surface area (Å²) in [6, 6.07) is 5.22. The molecule has 0 saturated carbocycles. The van der Waals surface area contributed by atoms with Crippen molar-refractivity contribution in [3.63, 3.8) is 0 Å². The van der Waals surface area contributed by atoms with Crippen molar-refractivity contribution in [3.8, 4) is 5.75 Å². The van der Waals surface area contributed by atoms with Crippen molar-refractivity contribution in [1.29, 1.82) is 0 Å². The van der Waals surface area contributed by atoms with Crippen molar-refractivity contribution in [2.45, 2.75) is 18.9 Å². The monoisotopic (exact) mass is 351 g/mol. The summed E-state index contributed by atoms with van der Waals surface area (Å²) >= 11 is 17.3. The van der Waals surface area contributed by atoms with Gasteiger partial charge in [0.2, 0.25) is 0 Å². The summed E-state index contributed by atoms with van der Waals surface area (Å²) in [4.78, 5) is 10.3. The molecule has 0 aromatic heterocycles. The predicted octanol–water partition coefficient (Wildman–Crippen LogP) is 3.26. The third-order valence-electron chi connectivity index (χ3n) is 2.39. The average molecular weight is 353 g/mol. The molecule has 1 rings (SSSR count). The zero-order valence-electron chi connectivity index (χ0n) is 10.7. The van der Waals surface area contributed by atoms with Crippen molar-refractivity contribution in [1.82, 2.24) is 0 Å². The summed E-state index contributed by atoms with van der Waals surface area (Å²) in [5.74, 6) is -0.552. The third-order valence-corrected chi connectivity index (χ3v) is 5.01. The molecular weight excluding hydrogens is 339 g/mol. The highest BCUT2D eigenvalue weighted by atomic mass is 35.8. The number of rotatable bonds is 8. The van der Waals surface area contributed by atoms with Gasteiger partial charge in [-0.2, -0.15) is 0 Å². The van der Waals surface area contributed by atoms with Gasteiger partial charge in [-0.1, -0.05) is 18.2 Å². The van der Waals surface area contributed by atoms with Gasteiger partial charge in [0.25, 0.3) is 0 Å². The van der Waals surface area contributed by atoms with Crippen LogP contribution in [0.1, 0.15) is 18.4 Å². The van der Waals surface area contributed by atoms with Gasteiger partial charge in [0.15, 0.2) is 0 Å². The summed E-state index contributed by atoms with van der Waals surface area (Å²) in [6.45, 7) is 0.531. The fourth-order valence-electron chi connectivity index (χ4n) is 1.49. The average Bonchev–Trinajstić information content (AvgIpc) is 2.35. The molecule has 0 aliphatic carbocycles. The molecular formula is C13H14Cl3O3Si-. The highest BCUT2D eigenvalue weighted by Gasteiger charge is 2.23. The van der Waals surface area contributed by atoms with Crippen molar-refractivity contribution < 1.29 is 14.6 Å². The van der Waals surface area contributed by atoms with E-state index in [1.165, 1.54) is 6.08 Å². The standard InChI is InChI=1S/C13H15Cl3O3Si/c14-20(15,16)9-2-1-8-19-12-5-3-4-11(10-12)6-7-13(17)18/h3-7,10H,1-2,8-9H2,(H,17,18)/p-1/b7-6+. The fraction of sp³-hybridized carbons (Fsp3) is 0.308. The molecule has 0 aliphatic heterocycles. The quantitative estimate of drug-likeness (QED) is 0.312. The Morgan fingerprint density at radius 3 is 2.70 bits per heavy atom. The summed E-state index contributed by atoms with van der Waals surface area (Å²) in [5, 5.41) is 10.3. The minimum absolute atomic E-state index is 0.531. The van der Waals surface area contributed by atoms with Gasteiger partial charge in [-0.05, 0) is 42.7 Å². The number of hydrogen-bond acceptors (Lipinski definition) is 3. The van der Waals surface area contributed by atoms with Crippen molar-refractivity contribution >= 4 is 51.3 Å². The number of benzene rings is 1. The minimum atomic E-state index is -2.53. The molecule has 20 heavy (non-hydrogen) atoms. The zero-order chi connectivity index (χ0) is 15.0. The topological polar surface area (TPSA) is 49.4 Å². The fourth-order valence-corrected chi connectivity index (χ4v) is 3.34. The van der Waals surface area contributed by atoms with Crippen LogP contribution in [-0.2, 0) is 4.79 Å². The van der Waals surface area contributed by atoms with E-state index in [2.05, 4.69) is 0 Å². The van der Waals surface area contributed by atoms with Gasteiger partial charge in [0.1, 0.15) is 5.75 Å². The second-order valence-electron chi connectivity index (χ2n) is 4.15. The molecule has 0 fully saturated rings. The van der Waals surface area contributed by atoms with Crippen LogP contribution >= 0.6 is 33.2 Å². The van der Waals surface area contributed by atoms with Gasteiger partial charge < -0.3 is 14.6 Å². The SMILES string of the molecule is O=C([O-])/C=C/c1cccc(OCCCC[Si](Cl)(Cl)Cl)c1. The second kappa shape index (κ2) is 8.57. The van der Waals surface area contributed by atoms with Crippen LogP contribution in [0.25, 0.3) is 6.08 Å². The zero-order valence-corrected chi connectivity index (χ0v) is 13.9. The second-order valence-corrected chi connectivity index (χ2v) is 13.4. The maximum atomic E-state index is 10.3. The highest BCUT2D eigenvalue weighted by molar-refractivity contribution is 7.64. The first-order valence-corrected chi connectivity index (χ1v) is 11.3. The number of carbonyl (C=O) groups is 1. The molecule has 0 saturated heterocycles. The molecule has 0 heterocycles. The molecule has 110 valence electrons. The first kappa shape index (κ1) is 17.4. The predicted molar refractivity (Wildman–Crippen MR) is 83.3 cm³/mol. The van der Waals surface area contributed by atoms with Gasteiger partial charge in [0.05, 0.1) is 12.6 Å². The third kappa shape index (κ3) is 8.48. The van der Waals surface area contributed by atoms with Crippen LogP contribution in [0.2, 0.25) is 6.04 Å². The summed E-state index contributed by atoms with van der Waals surface area (Å²) in [5.41, 5.74) is 0.736. The van der Waals surface area contributed by atoms with Crippen molar-refractivity contribution in [2.75, 3.05) is 6.61 Å². The van der Waals surface area contributed by atoms with Gasteiger partial charge in [-0.3, -0.25) is 0 Å². The Bertz CT molecular complexity index is 472. The summed E-state index contributed by atoms with van der Waals surface area (Å²) in [6.07, 6.45) is 4.05. The smallest absolute Gasteiger partial charge is 0.341 e. The lowest BCUT2D eigenvalue weighted by molar-refractivity contribution is -0.297. The first-order chi connectivity index (χ1) is 9.37. The summed E-state index contributed by atoms with van der Waals surface area (Å²) in [7, 11) is 0. The molecule has 0 aliphatic rings. The van der Waals surface area contributed by atoms with E-state index in [1.807, 2.05) is 0 Å². The maximum absolute atomic E-state index is 10.3. The van der Waals surface area contributed by atoms with Gasteiger partial charge in [-0.25, -0.2) is 0 Å². The molecule has 3 nitrogen and oxygen atoms in total. The Morgan fingerprint density at radius 1 is 1.30 bits per heavy atom. The van der Waals surface area contributed by atoms with E-state index in [-0.39, 0.29) is 0 Å². The lowest BCUT2D eigenvalue weighted by Gasteiger charge is -2.09. The summed E-state index contributed by atoms with van der Waals surface area (Å²) < 4.78 is 5.56. The van der Waals surface area contributed by atoms with Crippen molar-refractivity contribution in [2.24, 2.45) is 0 Å². The van der Waals surface area contributed by atoms with Gasteiger partial charge in [0, 0.05) is 0 Å². The molecule has 0 atom stereocenters. The highest BCUT2D eigenvalue weighted by Crippen LogP contribution is 2.27. The number of ether oxygens (including phenoxy) is 1. The van der Waals surface area contributed by atoms with Crippen molar-refractivity contribution in [3.05, 3.63) is 35.9 Å². The molecule has 0 N–H and O–H groups in total. The van der Waals surface area contributed by atoms with Crippen LogP contribution < -0.4 is 9.84 Å². The number of halogens is 3. The number of carbonyl (C=O) groups excluding carboxylic acids is 1. The van der Waals surface area contributed by atoms with Gasteiger partial charge >= 0.3 is 6.00 Å². The first-order valence-electron chi connectivity index (χ1n) is 6.05. The van der Waals surface area contributed by atoms with E-state index in [4.69, 9.17) is 38.0 Å². The Labute approximate surface area is 133 Å². The molecule has 0 radical (unpaired) electrons. The molecule has 0 unspecified atom stereocenters. The molecule has 1 aromatic carbocycles.